The lowest BCUT2D eigenvalue weighted by Crippen LogP contribution is -2.33. The van der Waals surface area contributed by atoms with Crippen LogP contribution in [-0.2, 0) is 4.74 Å². The minimum atomic E-state index is 0.235. The average Bonchev–Trinajstić information content (AvgIpc) is 2.78. The van der Waals surface area contributed by atoms with E-state index in [0.29, 0.717) is 12.5 Å². The molecule has 5 heteroatoms. The Balaban J connectivity index is 2.74. The summed E-state index contributed by atoms with van der Waals surface area (Å²) in [6, 6.07) is 0.510. The topological polar surface area (TPSA) is 56.3 Å². The van der Waals surface area contributed by atoms with E-state index >= 15 is 0 Å². The van der Waals surface area contributed by atoms with Crippen LogP contribution in [0.4, 0.5) is 5.95 Å². The monoisotopic (exact) mass is 282 g/mol. The molecule has 1 aromatic heterocycles. The first-order chi connectivity index (χ1) is 9.36. The van der Waals surface area contributed by atoms with Gasteiger partial charge in [0, 0.05) is 32.9 Å². The maximum atomic E-state index is 6.12. The summed E-state index contributed by atoms with van der Waals surface area (Å²) in [5.41, 5.74) is 7.15. The fourth-order valence-electron chi connectivity index (χ4n) is 2.21. The number of nitrogens with two attached hydrogens (primary N) is 1. The van der Waals surface area contributed by atoms with Gasteiger partial charge in [-0.05, 0) is 26.2 Å². The van der Waals surface area contributed by atoms with Crippen LogP contribution in [0.15, 0.2) is 6.20 Å². The van der Waals surface area contributed by atoms with Crippen LogP contribution >= 0.6 is 0 Å². The maximum Gasteiger partial charge on any atom is 0.205 e. The highest BCUT2D eigenvalue weighted by atomic mass is 16.5. The lowest BCUT2D eigenvalue weighted by Gasteiger charge is -2.25. The summed E-state index contributed by atoms with van der Waals surface area (Å²) >= 11 is 0. The van der Waals surface area contributed by atoms with Crippen molar-refractivity contribution in [2.45, 2.75) is 46.2 Å². The molecule has 2 atom stereocenters. The number of hydrogen-bond donors (Lipinski definition) is 1. The zero-order chi connectivity index (χ0) is 15.3. The molecule has 0 fully saturated rings. The predicted molar refractivity (Wildman–Crippen MR) is 84.3 cm³/mol. The highest BCUT2D eigenvalue weighted by molar-refractivity contribution is 5.32. The third-order valence-electron chi connectivity index (χ3n) is 3.71. The van der Waals surface area contributed by atoms with E-state index in [0.717, 1.165) is 24.6 Å². The van der Waals surface area contributed by atoms with Gasteiger partial charge in [-0.3, -0.25) is 0 Å². The van der Waals surface area contributed by atoms with Gasteiger partial charge in [-0.2, -0.15) is 0 Å². The summed E-state index contributed by atoms with van der Waals surface area (Å²) in [6.45, 7) is 10.1. The van der Waals surface area contributed by atoms with Crippen molar-refractivity contribution in [2.75, 3.05) is 32.2 Å². The third kappa shape index (κ3) is 4.49. The third-order valence-corrected chi connectivity index (χ3v) is 3.71. The molecule has 0 amide bonds. The summed E-state index contributed by atoms with van der Waals surface area (Å²) in [6.07, 6.45) is 3.05. The van der Waals surface area contributed by atoms with Gasteiger partial charge in [0.1, 0.15) is 0 Å². The smallest absolute Gasteiger partial charge is 0.205 e. The molecule has 0 saturated carbocycles. The molecule has 1 rings (SSSR count). The van der Waals surface area contributed by atoms with Crippen molar-refractivity contribution in [2.24, 2.45) is 11.7 Å². The number of anilines is 1. The Kier molecular flexibility index (Phi) is 6.49. The zero-order valence-electron chi connectivity index (χ0n) is 13.8. The molecule has 5 nitrogen and oxygen atoms in total. The van der Waals surface area contributed by atoms with E-state index in [-0.39, 0.29) is 12.1 Å². The fourth-order valence-corrected chi connectivity index (χ4v) is 2.21. The van der Waals surface area contributed by atoms with Crippen LogP contribution in [0, 0.1) is 12.8 Å². The van der Waals surface area contributed by atoms with Crippen molar-refractivity contribution in [3.05, 3.63) is 11.9 Å². The van der Waals surface area contributed by atoms with Crippen molar-refractivity contribution >= 4 is 5.95 Å². The summed E-state index contributed by atoms with van der Waals surface area (Å²) in [7, 11) is 3.80. The molecule has 0 aromatic carbocycles. The molecule has 0 bridgehead atoms. The van der Waals surface area contributed by atoms with Crippen LogP contribution in [0.1, 0.15) is 38.9 Å². The van der Waals surface area contributed by atoms with Crippen LogP contribution in [-0.4, -0.2) is 42.9 Å². The van der Waals surface area contributed by atoms with Crippen molar-refractivity contribution in [3.8, 4) is 0 Å². The minimum absolute atomic E-state index is 0.235. The van der Waals surface area contributed by atoms with Gasteiger partial charge in [-0.25, -0.2) is 4.98 Å². The molecule has 0 aliphatic heterocycles. The first kappa shape index (κ1) is 17.0. The molecule has 1 aromatic rings. The second-order valence-electron chi connectivity index (χ2n) is 6.01. The minimum Gasteiger partial charge on any atom is -0.383 e. The van der Waals surface area contributed by atoms with E-state index in [9.17, 15) is 0 Å². The SMILES string of the molecule is COCC(C)n1cc(C)nc1N(C)CCC(N)C(C)C. The zero-order valence-corrected chi connectivity index (χ0v) is 13.8. The molecule has 0 aliphatic carbocycles. The summed E-state index contributed by atoms with van der Waals surface area (Å²) < 4.78 is 7.42. The summed E-state index contributed by atoms with van der Waals surface area (Å²) in [4.78, 5) is 6.81. The number of rotatable bonds is 8. The van der Waals surface area contributed by atoms with E-state index in [1.807, 2.05) is 6.92 Å². The average molecular weight is 282 g/mol. The predicted octanol–water partition coefficient (Wildman–Crippen LogP) is 2.21. The van der Waals surface area contributed by atoms with Crippen molar-refractivity contribution < 1.29 is 4.74 Å². The normalized spacial score (nSPS) is 14.6. The number of methoxy groups -OCH3 is 1. The standard InChI is InChI=1S/C15H30N4O/c1-11(2)14(16)7-8-18(5)15-17-12(3)9-19(15)13(4)10-20-6/h9,11,13-14H,7-8,10,16H2,1-6H3. The summed E-state index contributed by atoms with van der Waals surface area (Å²) in [5.74, 6) is 1.50. The van der Waals surface area contributed by atoms with Crippen LogP contribution in [0.25, 0.3) is 0 Å². The number of imidazole rings is 1. The number of aromatic nitrogens is 2. The molecule has 0 aliphatic rings. The Bertz CT molecular complexity index is 403. The molecule has 20 heavy (non-hydrogen) atoms. The molecule has 2 unspecified atom stereocenters. The molecular formula is C15H30N4O. The van der Waals surface area contributed by atoms with Gasteiger partial charge < -0.3 is 19.9 Å². The van der Waals surface area contributed by atoms with Crippen LogP contribution in [0.2, 0.25) is 0 Å². The van der Waals surface area contributed by atoms with Crippen LogP contribution in [0.3, 0.4) is 0 Å². The molecule has 0 radical (unpaired) electrons. The quantitative estimate of drug-likeness (QED) is 0.794. The molecule has 2 N–H and O–H groups in total. The highest BCUT2D eigenvalue weighted by Gasteiger charge is 2.16. The van der Waals surface area contributed by atoms with E-state index in [4.69, 9.17) is 10.5 Å². The molecule has 0 spiro atoms. The van der Waals surface area contributed by atoms with Gasteiger partial charge >= 0.3 is 0 Å². The number of ether oxygens (including phenoxy) is 1. The summed E-state index contributed by atoms with van der Waals surface area (Å²) in [5, 5.41) is 0. The molecule has 1 heterocycles. The van der Waals surface area contributed by atoms with Crippen molar-refractivity contribution in [1.29, 1.82) is 0 Å². The Morgan fingerprint density at radius 2 is 2.05 bits per heavy atom. The highest BCUT2D eigenvalue weighted by Crippen LogP contribution is 2.19. The maximum absolute atomic E-state index is 6.12. The largest absolute Gasteiger partial charge is 0.383 e. The van der Waals surface area contributed by atoms with Crippen LogP contribution in [0.5, 0.6) is 0 Å². The molecular weight excluding hydrogens is 252 g/mol. The van der Waals surface area contributed by atoms with Gasteiger partial charge in [0.25, 0.3) is 0 Å². The molecule has 116 valence electrons. The van der Waals surface area contributed by atoms with Gasteiger partial charge in [-0.1, -0.05) is 13.8 Å². The van der Waals surface area contributed by atoms with Gasteiger partial charge in [-0.15, -0.1) is 0 Å². The van der Waals surface area contributed by atoms with E-state index < -0.39 is 0 Å². The van der Waals surface area contributed by atoms with E-state index in [2.05, 4.69) is 48.5 Å². The van der Waals surface area contributed by atoms with Crippen molar-refractivity contribution in [1.82, 2.24) is 9.55 Å². The lowest BCUT2D eigenvalue weighted by atomic mass is 10.0. The van der Waals surface area contributed by atoms with Crippen LogP contribution < -0.4 is 10.6 Å². The van der Waals surface area contributed by atoms with Crippen molar-refractivity contribution in [3.63, 3.8) is 0 Å². The van der Waals surface area contributed by atoms with Gasteiger partial charge in [0.2, 0.25) is 5.95 Å². The first-order valence-electron chi connectivity index (χ1n) is 7.38. The van der Waals surface area contributed by atoms with E-state index in [1.54, 1.807) is 7.11 Å². The fraction of sp³-hybridized carbons (Fsp3) is 0.800. The Labute approximate surface area is 123 Å². The molecule has 0 saturated heterocycles. The second kappa shape index (κ2) is 7.64. The van der Waals surface area contributed by atoms with Gasteiger partial charge in [0.15, 0.2) is 0 Å². The number of nitrogens with zero attached hydrogens (tertiary/aromatic N) is 3. The number of aryl methyl sites for hydroxylation is 1. The first-order valence-corrected chi connectivity index (χ1v) is 7.38. The van der Waals surface area contributed by atoms with Gasteiger partial charge in [0.05, 0.1) is 18.3 Å². The Morgan fingerprint density at radius 3 is 2.60 bits per heavy atom. The Morgan fingerprint density at radius 1 is 1.40 bits per heavy atom. The lowest BCUT2D eigenvalue weighted by molar-refractivity contribution is 0.162. The Hall–Kier alpha value is -1.07. The second-order valence-corrected chi connectivity index (χ2v) is 6.01. The number of hydrogen-bond acceptors (Lipinski definition) is 4. The van der Waals surface area contributed by atoms with E-state index in [1.165, 1.54) is 0 Å².